The summed E-state index contributed by atoms with van der Waals surface area (Å²) in [7, 11) is 0. The van der Waals surface area contributed by atoms with Crippen molar-refractivity contribution in [3.05, 3.63) is 76.1 Å². The van der Waals surface area contributed by atoms with Gasteiger partial charge in [-0.1, -0.05) is 18.2 Å². The minimum absolute atomic E-state index is 0.0682. The zero-order valence-corrected chi connectivity index (χ0v) is 18.1. The molecule has 2 amide bonds. The van der Waals surface area contributed by atoms with Gasteiger partial charge in [0.2, 0.25) is 0 Å². The summed E-state index contributed by atoms with van der Waals surface area (Å²) >= 11 is 0. The molecule has 6 nitrogen and oxygen atoms in total. The highest BCUT2D eigenvalue weighted by atomic mass is 19.1. The van der Waals surface area contributed by atoms with Gasteiger partial charge in [0.25, 0.3) is 11.8 Å². The highest BCUT2D eigenvalue weighted by Gasteiger charge is 2.35. The smallest absolute Gasteiger partial charge is 0.271 e. The monoisotopic (exact) mass is 434 g/mol. The van der Waals surface area contributed by atoms with Crippen LogP contribution in [0.5, 0.6) is 11.5 Å². The molecular formula is C25H23FN2O4. The summed E-state index contributed by atoms with van der Waals surface area (Å²) in [6, 6.07) is 12.7. The molecule has 1 heterocycles. The van der Waals surface area contributed by atoms with Crippen molar-refractivity contribution in [2.45, 2.75) is 27.3 Å². The minimum Gasteiger partial charge on any atom is -0.490 e. The predicted octanol–water partition coefficient (Wildman–Crippen LogP) is 4.42. The number of carbonyl (C=O) groups excluding carboxylic acids is 2. The summed E-state index contributed by atoms with van der Waals surface area (Å²) < 4.78 is 24.4. The molecular weight excluding hydrogens is 411 g/mol. The van der Waals surface area contributed by atoms with E-state index in [4.69, 9.17) is 9.47 Å². The highest BCUT2D eigenvalue weighted by Crippen LogP contribution is 2.32. The van der Waals surface area contributed by atoms with Crippen molar-refractivity contribution in [2.24, 2.45) is 0 Å². The molecule has 32 heavy (non-hydrogen) atoms. The first kappa shape index (κ1) is 22.8. The number of benzene rings is 2. The summed E-state index contributed by atoms with van der Waals surface area (Å²) in [5.74, 6) is -0.488. The van der Waals surface area contributed by atoms with Crippen LogP contribution in [0.15, 0.2) is 59.2 Å². The Morgan fingerprint density at radius 1 is 1.00 bits per heavy atom. The zero-order chi connectivity index (χ0) is 23.3. The Morgan fingerprint density at radius 2 is 1.66 bits per heavy atom. The number of hydrogen-bond acceptors (Lipinski definition) is 5. The van der Waals surface area contributed by atoms with Crippen LogP contribution in [0.25, 0.3) is 6.08 Å². The lowest BCUT2D eigenvalue weighted by Gasteiger charge is -2.27. The lowest BCUT2D eigenvalue weighted by Crippen LogP contribution is -2.42. The molecule has 0 aliphatic carbocycles. The highest BCUT2D eigenvalue weighted by molar-refractivity contribution is 6.19. The first-order valence-corrected chi connectivity index (χ1v) is 10.2. The second-order valence-corrected chi connectivity index (χ2v) is 7.06. The summed E-state index contributed by atoms with van der Waals surface area (Å²) in [5, 5.41) is 9.55. The van der Waals surface area contributed by atoms with Crippen LogP contribution in [0, 0.1) is 17.1 Å². The predicted molar refractivity (Wildman–Crippen MR) is 117 cm³/mol. The van der Waals surface area contributed by atoms with Crippen molar-refractivity contribution in [3.63, 3.8) is 0 Å². The van der Waals surface area contributed by atoms with E-state index in [2.05, 4.69) is 0 Å². The second-order valence-electron chi connectivity index (χ2n) is 7.06. The third-order valence-electron chi connectivity index (χ3n) is 4.96. The molecule has 0 saturated heterocycles. The molecule has 0 N–H and O–H groups in total. The fraction of sp³-hybridized carbons (Fsp3) is 0.240. The maximum absolute atomic E-state index is 13.2. The van der Waals surface area contributed by atoms with E-state index in [0.29, 0.717) is 41.4 Å². The van der Waals surface area contributed by atoms with Gasteiger partial charge < -0.3 is 9.47 Å². The van der Waals surface area contributed by atoms with E-state index in [0.717, 1.165) is 4.90 Å². The topological polar surface area (TPSA) is 79.6 Å². The Morgan fingerprint density at radius 3 is 2.28 bits per heavy atom. The lowest BCUT2D eigenvalue weighted by atomic mass is 9.93. The number of nitrogens with zero attached hydrogens (tertiary/aromatic N) is 2. The number of amides is 2. The average Bonchev–Trinajstić information content (AvgIpc) is 2.78. The van der Waals surface area contributed by atoms with Gasteiger partial charge in [-0.15, -0.1) is 0 Å². The molecule has 2 aromatic rings. The number of ether oxygens (including phenoxy) is 2. The molecule has 0 saturated carbocycles. The summed E-state index contributed by atoms with van der Waals surface area (Å²) in [6.45, 7) is 6.16. The van der Waals surface area contributed by atoms with E-state index < -0.39 is 17.6 Å². The Bertz CT molecular complexity index is 1140. The van der Waals surface area contributed by atoms with Crippen molar-refractivity contribution < 1.29 is 23.5 Å². The van der Waals surface area contributed by atoms with Gasteiger partial charge >= 0.3 is 0 Å². The Balaban J connectivity index is 2.03. The van der Waals surface area contributed by atoms with Crippen molar-refractivity contribution in [1.82, 2.24) is 4.90 Å². The maximum atomic E-state index is 13.2. The molecule has 0 spiro atoms. The summed E-state index contributed by atoms with van der Waals surface area (Å²) in [5.41, 5.74) is 1.67. The molecule has 3 rings (SSSR count). The molecule has 2 aromatic carbocycles. The standard InChI is InChI=1S/C25H23FN2O4/c1-4-31-22-11-8-18(13-23(22)32-5-2)12-20-16(3)21(14-27)25(30)28(24(20)29)15-17-6-9-19(26)10-7-17/h6-13H,4-5,15H2,1-3H3/b20-12+. The number of imide groups is 1. The molecule has 0 unspecified atom stereocenters. The van der Waals surface area contributed by atoms with Crippen LogP contribution in [0.1, 0.15) is 31.9 Å². The molecule has 1 aliphatic rings. The number of carbonyl (C=O) groups is 2. The third-order valence-corrected chi connectivity index (χ3v) is 4.96. The Kier molecular flexibility index (Phi) is 7.06. The molecule has 0 aromatic heterocycles. The normalized spacial score (nSPS) is 15.2. The lowest BCUT2D eigenvalue weighted by molar-refractivity contribution is -0.141. The fourth-order valence-electron chi connectivity index (χ4n) is 3.37. The molecule has 164 valence electrons. The van der Waals surface area contributed by atoms with Gasteiger partial charge in [0.05, 0.1) is 19.8 Å². The van der Waals surface area contributed by atoms with Gasteiger partial charge in [-0.25, -0.2) is 4.39 Å². The minimum atomic E-state index is -0.668. The largest absolute Gasteiger partial charge is 0.490 e. The first-order chi connectivity index (χ1) is 15.4. The van der Waals surface area contributed by atoms with Crippen molar-refractivity contribution in [2.75, 3.05) is 13.2 Å². The molecule has 0 bridgehead atoms. The van der Waals surface area contributed by atoms with Gasteiger partial charge in [0.1, 0.15) is 17.5 Å². The van der Waals surface area contributed by atoms with Crippen molar-refractivity contribution in [3.8, 4) is 17.6 Å². The number of hydrogen-bond donors (Lipinski definition) is 0. The molecule has 7 heteroatoms. The average molecular weight is 434 g/mol. The van der Waals surface area contributed by atoms with Crippen LogP contribution in [-0.4, -0.2) is 29.9 Å². The molecule has 1 aliphatic heterocycles. The number of rotatable bonds is 7. The summed E-state index contributed by atoms with van der Waals surface area (Å²) in [6.07, 6.45) is 1.62. The van der Waals surface area contributed by atoms with E-state index in [9.17, 15) is 19.2 Å². The summed E-state index contributed by atoms with van der Waals surface area (Å²) in [4.78, 5) is 27.0. The van der Waals surface area contributed by atoms with Crippen LogP contribution in [-0.2, 0) is 16.1 Å². The van der Waals surface area contributed by atoms with E-state index in [1.165, 1.54) is 24.3 Å². The van der Waals surface area contributed by atoms with Crippen molar-refractivity contribution in [1.29, 1.82) is 5.26 Å². The van der Waals surface area contributed by atoms with Crippen molar-refractivity contribution >= 4 is 17.9 Å². The van der Waals surface area contributed by atoms with E-state index in [-0.39, 0.29) is 17.7 Å². The van der Waals surface area contributed by atoms with Gasteiger partial charge in [-0.05, 0) is 67.8 Å². The van der Waals surface area contributed by atoms with Crippen LogP contribution in [0.3, 0.4) is 0 Å². The van der Waals surface area contributed by atoms with Gasteiger partial charge in [-0.2, -0.15) is 5.26 Å². The first-order valence-electron chi connectivity index (χ1n) is 10.2. The van der Waals surface area contributed by atoms with Crippen LogP contribution in [0.2, 0.25) is 0 Å². The fourth-order valence-corrected chi connectivity index (χ4v) is 3.37. The van der Waals surface area contributed by atoms with E-state index in [1.54, 1.807) is 31.2 Å². The van der Waals surface area contributed by atoms with Gasteiger partial charge in [0.15, 0.2) is 11.5 Å². The van der Waals surface area contributed by atoms with Crippen LogP contribution in [0.4, 0.5) is 4.39 Å². The van der Waals surface area contributed by atoms with Gasteiger partial charge in [0, 0.05) is 5.57 Å². The second kappa shape index (κ2) is 9.92. The quantitative estimate of drug-likeness (QED) is 0.476. The van der Waals surface area contributed by atoms with Crippen LogP contribution < -0.4 is 9.47 Å². The molecule has 0 radical (unpaired) electrons. The Labute approximate surface area is 186 Å². The zero-order valence-electron chi connectivity index (χ0n) is 18.1. The molecule has 0 fully saturated rings. The third kappa shape index (κ3) is 4.70. The van der Waals surface area contributed by atoms with E-state index in [1.807, 2.05) is 19.9 Å². The number of nitriles is 1. The SMILES string of the molecule is CCOc1ccc(/C=C2/C(=O)N(Cc3ccc(F)cc3)C(=O)C(C#N)=C2C)cc1OCC. The maximum Gasteiger partial charge on any atom is 0.271 e. The van der Waals surface area contributed by atoms with Crippen LogP contribution >= 0.6 is 0 Å². The van der Waals surface area contributed by atoms with E-state index >= 15 is 0 Å². The number of halogens is 1. The Hall–Kier alpha value is -3.92. The van der Waals surface area contributed by atoms with Gasteiger partial charge in [-0.3, -0.25) is 14.5 Å². The molecule has 0 atom stereocenters.